The number of benzene rings is 2. The van der Waals surface area contributed by atoms with Crippen molar-refractivity contribution in [3.63, 3.8) is 0 Å². The SMILES string of the molecule is COc1cc(/C=C/C(=O)NCCc2ccc(Cl)cc2Cl)cc(OC)c1OC. The van der Waals surface area contributed by atoms with E-state index in [1.54, 1.807) is 44.6 Å². The Hall–Kier alpha value is -2.37. The van der Waals surface area contributed by atoms with Crippen molar-refractivity contribution in [1.29, 1.82) is 0 Å². The Bertz CT molecular complexity index is 812. The van der Waals surface area contributed by atoms with Crippen LogP contribution in [0.5, 0.6) is 17.2 Å². The van der Waals surface area contributed by atoms with Crippen LogP contribution in [-0.2, 0) is 11.2 Å². The van der Waals surface area contributed by atoms with E-state index in [9.17, 15) is 4.79 Å². The fourth-order valence-electron chi connectivity index (χ4n) is 2.47. The van der Waals surface area contributed by atoms with Crippen molar-refractivity contribution < 1.29 is 19.0 Å². The van der Waals surface area contributed by atoms with Gasteiger partial charge in [0.25, 0.3) is 0 Å². The number of hydrogen-bond acceptors (Lipinski definition) is 4. The molecule has 0 heterocycles. The van der Waals surface area contributed by atoms with Gasteiger partial charge in [0.15, 0.2) is 11.5 Å². The zero-order valence-corrected chi connectivity index (χ0v) is 16.9. The number of amides is 1. The molecule has 0 radical (unpaired) electrons. The zero-order valence-electron chi connectivity index (χ0n) is 15.3. The van der Waals surface area contributed by atoms with Crippen LogP contribution in [0.15, 0.2) is 36.4 Å². The Balaban J connectivity index is 1.98. The highest BCUT2D eigenvalue weighted by molar-refractivity contribution is 6.35. The number of ether oxygens (including phenoxy) is 3. The molecule has 27 heavy (non-hydrogen) atoms. The van der Waals surface area contributed by atoms with E-state index >= 15 is 0 Å². The minimum atomic E-state index is -0.214. The molecule has 2 aromatic rings. The standard InChI is InChI=1S/C20H21Cl2NO4/c1-25-17-10-13(11-18(26-2)20(17)27-3)4-7-19(24)23-9-8-14-5-6-15(21)12-16(14)22/h4-7,10-12H,8-9H2,1-3H3,(H,23,24)/b7-4+. The van der Waals surface area contributed by atoms with Crippen molar-refractivity contribution in [3.05, 3.63) is 57.6 Å². The van der Waals surface area contributed by atoms with E-state index in [0.717, 1.165) is 11.1 Å². The smallest absolute Gasteiger partial charge is 0.244 e. The molecule has 7 heteroatoms. The third-order valence-corrected chi connectivity index (χ3v) is 4.41. The Kier molecular flexibility index (Phi) is 7.82. The topological polar surface area (TPSA) is 56.8 Å². The van der Waals surface area contributed by atoms with E-state index in [-0.39, 0.29) is 5.91 Å². The summed E-state index contributed by atoms with van der Waals surface area (Å²) in [4.78, 5) is 12.0. The van der Waals surface area contributed by atoms with Gasteiger partial charge >= 0.3 is 0 Å². The summed E-state index contributed by atoms with van der Waals surface area (Å²) in [6.07, 6.45) is 3.74. The first kappa shape index (κ1) is 20.9. The Morgan fingerprint density at radius 1 is 1.04 bits per heavy atom. The molecule has 0 spiro atoms. The molecule has 1 amide bonds. The van der Waals surface area contributed by atoms with Crippen molar-refractivity contribution in [2.24, 2.45) is 0 Å². The number of carbonyl (C=O) groups excluding carboxylic acids is 1. The van der Waals surface area contributed by atoms with E-state index in [0.29, 0.717) is 40.3 Å². The largest absolute Gasteiger partial charge is 0.493 e. The molecule has 0 aliphatic rings. The Labute approximate surface area is 168 Å². The molecule has 2 aromatic carbocycles. The van der Waals surface area contributed by atoms with Gasteiger partial charge in [-0.3, -0.25) is 4.79 Å². The highest BCUT2D eigenvalue weighted by Crippen LogP contribution is 2.38. The lowest BCUT2D eigenvalue weighted by Gasteiger charge is -2.12. The van der Waals surface area contributed by atoms with E-state index in [4.69, 9.17) is 37.4 Å². The number of rotatable bonds is 8. The van der Waals surface area contributed by atoms with Crippen molar-refractivity contribution in [1.82, 2.24) is 5.32 Å². The minimum absolute atomic E-state index is 0.214. The third-order valence-electron chi connectivity index (χ3n) is 3.82. The monoisotopic (exact) mass is 409 g/mol. The molecule has 0 unspecified atom stereocenters. The lowest BCUT2D eigenvalue weighted by Crippen LogP contribution is -2.23. The van der Waals surface area contributed by atoms with Crippen molar-refractivity contribution in [2.75, 3.05) is 27.9 Å². The van der Waals surface area contributed by atoms with Gasteiger partial charge in [0, 0.05) is 22.7 Å². The van der Waals surface area contributed by atoms with Crippen LogP contribution in [0, 0.1) is 0 Å². The number of methoxy groups -OCH3 is 3. The average molecular weight is 410 g/mol. The van der Waals surface area contributed by atoms with Crippen LogP contribution in [0.1, 0.15) is 11.1 Å². The first-order valence-corrected chi connectivity index (χ1v) is 8.94. The van der Waals surface area contributed by atoms with Crippen molar-refractivity contribution >= 4 is 35.2 Å². The minimum Gasteiger partial charge on any atom is -0.493 e. The second-order valence-electron chi connectivity index (χ2n) is 5.57. The quantitative estimate of drug-likeness (QED) is 0.656. The molecule has 0 aliphatic heterocycles. The summed E-state index contributed by atoms with van der Waals surface area (Å²) in [5.74, 6) is 1.33. The summed E-state index contributed by atoms with van der Waals surface area (Å²) in [7, 11) is 4.62. The fourth-order valence-corrected chi connectivity index (χ4v) is 2.98. The lowest BCUT2D eigenvalue weighted by atomic mass is 10.1. The van der Waals surface area contributed by atoms with Crippen LogP contribution in [-0.4, -0.2) is 33.8 Å². The van der Waals surface area contributed by atoms with Crippen LogP contribution in [0.3, 0.4) is 0 Å². The highest BCUT2D eigenvalue weighted by atomic mass is 35.5. The molecule has 0 fully saturated rings. The number of halogens is 2. The van der Waals surface area contributed by atoms with Crippen LogP contribution >= 0.6 is 23.2 Å². The van der Waals surface area contributed by atoms with Crippen LogP contribution < -0.4 is 19.5 Å². The first-order valence-electron chi connectivity index (χ1n) is 8.18. The van der Waals surface area contributed by atoms with Gasteiger partial charge in [-0.25, -0.2) is 0 Å². The predicted octanol–water partition coefficient (Wildman–Crippen LogP) is 4.39. The summed E-state index contributed by atoms with van der Waals surface area (Å²) < 4.78 is 15.9. The van der Waals surface area contributed by atoms with Crippen LogP contribution in [0.2, 0.25) is 10.0 Å². The summed E-state index contributed by atoms with van der Waals surface area (Å²) >= 11 is 12.0. The molecule has 0 aliphatic carbocycles. The first-order chi connectivity index (χ1) is 13.0. The maximum atomic E-state index is 12.0. The maximum absolute atomic E-state index is 12.0. The van der Waals surface area contributed by atoms with Crippen LogP contribution in [0.25, 0.3) is 6.08 Å². The Morgan fingerprint density at radius 3 is 2.26 bits per heavy atom. The lowest BCUT2D eigenvalue weighted by molar-refractivity contribution is -0.116. The second-order valence-corrected chi connectivity index (χ2v) is 6.41. The zero-order chi connectivity index (χ0) is 19.8. The van der Waals surface area contributed by atoms with Crippen molar-refractivity contribution in [3.8, 4) is 17.2 Å². The number of hydrogen-bond donors (Lipinski definition) is 1. The summed E-state index contributed by atoms with van der Waals surface area (Å²) in [5, 5.41) is 3.99. The van der Waals surface area contributed by atoms with E-state index in [2.05, 4.69) is 5.32 Å². The second kappa shape index (κ2) is 10.1. The maximum Gasteiger partial charge on any atom is 0.244 e. The van der Waals surface area contributed by atoms with Gasteiger partial charge in [0.1, 0.15) is 0 Å². The summed E-state index contributed by atoms with van der Waals surface area (Å²) in [5.41, 5.74) is 1.68. The van der Waals surface area contributed by atoms with Gasteiger partial charge in [-0.15, -0.1) is 0 Å². The van der Waals surface area contributed by atoms with E-state index < -0.39 is 0 Å². The summed E-state index contributed by atoms with van der Waals surface area (Å²) in [6.45, 7) is 0.458. The fraction of sp³-hybridized carbons (Fsp3) is 0.250. The van der Waals surface area contributed by atoms with E-state index in [1.807, 2.05) is 6.07 Å². The van der Waals surface area contributed by atoms with Crippen molar-refractivity contribution in [2.45, 2.75) is 6.42 Å². The molecular formula is C20H21Cl2NO4. The van der Waals surface area contributed by atoms with E-state index in [1.165, 1.54) is 13.2 Å². The molecule has 0 bridgehead atoms. The molecule has 144 valence electrons. The molecule has 0 atom stereocenters. The predicted molar refractivity (Wildman–Crippen MR) is 108 cm³/mol. The molecule has 2 rings (SSSR count). The Morgan fingerprint density at radius 2 is 1.70 bits per heavy atom. The van der Waals surface area contributed by atoms with Gasteiger partial charge in [0.2, 0.25) is 11.7 Å². The third kappa shape index (κ3) is 5.81. The number of nitrogens with one attached hydrogen (secondary N) is 1. The normalized spacial score (nSPS) is 10.7. The molecule has 0 aromatic heterocycles. The van der Waals surface area contributed by atoms with Gasteiger partial charge in [-0.05, 0) is 47.9 Å². The van der Waals surface area contributed by atoms with Gasteiger partial charge in [0.05, 0.1) is 21.3 Å². The molecule has 0 saturated carbocycles. The van der Waals surface area contributed by atoms with Gasteiger partial charge in [-0.1, -0.05) is 29.3 Å². The highest BCUT2D eigenvalue weighted by Gasteiger charge is 2.12. The number of carbonyl (C=O) groups is 1. The summed E-state index contributed by atoms with van der Waals surface area (Å²) in [6, 6.07) is 8.83. The molecule has 5 nitrogen and oxygen atoms in total. The average Bonchev–Trinajstić information content (AvgIpc) is 2.67. The molecule has 1 N–H and O–H groups in total. The molecular weight excluding hydrogens is 389 g/mol. The van der Waals surface area contributed by atoms with Gasteiger partial charge in [-0.2, -0.15) is 0 Å². The van der Waals surface area contributed by atoms with Gasteiger partial charge < -0.3 is 19.5 Å². The van der Waals surface area contributed by atoms with Crippen LogP contribution in [0.4, 0.5) is 0 Å². The molecule has 0 saturated heterocycles.